The molecule has 1 saturated heterocycles. The number of hydrogen-bond acceptors (Lipinski definition) is 2. The van der Waals surface area contributed by atoms with Crippen molar-refractivity contribution in [1.82, 2.24) is 4.90 Å². The third-order valence-corrected chi connectivity index (χ3v) is 4.62. The Morgan fingerprint density at radius 2 is 1.58 bits per heavy atom. The largest absolute Gasteiger partial charge is 0.481 e. The summed E-state index contributed by atoms with van der Waals surface area (Å²) in [5.74, 6) is -1.08. The molecule has 0 aromatic heterocycles. The number of carboxylic acids is 1. The van der Waals surface area contributed by atoms with Crippen molar-refractivity contribution in [3.05, 3.63) is 71.3 Å². The summed E-state index contributed by atoms with van der Waals surface area (Å²) in [7, 11) is 0. The Morgan fingerprint density at radius 3 is 2.25 bits per heavy atom. The summed E-state index contributed by atoms with van der Waals surface area (Å²) < 4.78 is 0. The number of carbonyl (C=O) groups is 2. The average molecular weight is 323 g/mol. The van der Waals surface area contributed by atoms with E-state index in [-0.39, 0.29) is 11.8 Å². The molecule has 0 unspecified atom stereocenters. The standard InChI is InChI=1S/C20H21NO3/c22-19(21-12-10-16(11-13-21)20(23)24)18-9-5-4-8-17(18)14-15-6-2-1-3-7-15/h1-9,16H,10-14H2,(H,23,24). The van der Waals surface area contributed by atoms with Gasteiger partial charge in [-0.05, 0) is 36.5 Å². The number of aliphatic carboxylic acids is 1. The molecule has 4 nitrogen and oxygen atoms in total. The van der Waals surface area contributed by atoms with Crippen molar-refractivity contribution in [3.8, 4) is 0 Å². The van der Waals surface area contributed by atoms with E-state index in [2.05, 4.69) is 12.1 Å². The van der Waals surface area contributed by atoms with Gasteiger partial charge in [-0.2, -0.15) is 0 Å². The molecule has 2 aromatic carbocycles. The van der Waals surface area contributed by atoms with Crippen molar-refractivity contribution >= 4 is 11.9 Å². The molecule has 0 spiro atoms. The van der Waals surface area contributed by atoms with E-state index in [4.69, 9.17) is 5.11 Å². The minimum Gasteiger partial charge on any atom is -0.481 e. The van der Waals surface area contributed by atoms with Crippen LogP contribution in [0.1, 0.15) is 34.3 Å². The first kappa shape index (κ1) is 16.2. The zero-order valence-corrected chi connectivity index (χ0v) is 13.5. The monoisotopic (exact) mass is 323 g/mol. The van der Waals surface area contributed by atoms with Gasteiger partial charge in [0.1, 0.15) is 0 Å². The van der Waals surface area contributed by atoms with Gasteiger partial charge < -0.3 is 10.0 Å². The van der Waals surface area contributed by atoms with Crippen molar-refractivity contribution in [1.29, 1.82) is 0 Å². The fourth-order valence-corrected chi connectivity index (χ4v) is 3.20. The van der Waals surface area contributed by atoms with Crippen LogP contribution in [0.5, 0.6) is 0 Å². The van der Waals surface area contributed by atoms with E-state index in [1.807, 2.05) is 42.5 Å². The van der Waals surface area contributed by atoms with Gasteiger partial charge in [0.15, 0.2) is 0 Å². The summed E-state index contributed by atoms with van der Waals surface area (Å²) in [4.78, 5) is 25.7. The minimum atomic E-state index is -0.758. The molecule has 0 bridgehead atoms. The Labute approximate surface area is 141 Å². The number of rotatable bonds is 4. The van der Waals surface area contributed by atoms with Crippen LogP contribution in [0, 0.1) is 5.92 Å². The minimum absolute atomic E-state index is 0.00497. The van der Waals surface area contributed by atoms with Crippen molar-refractivity contribution in [2.24, 2.45) is 5.92 Å². The van der Waals surface area contributed by atoms with Crippen molar-refractivity contribution in [2.75, 3.05) is 13.1 Å². The lowest BCUT2D eigenvalue weighted by Crippen LogP contribution is -2.40. The summed E-state index contributed by atoms with van der Waals surface area (Å²) >= 11 is 0. The Bertz CT molecular complexity index is 719. The highest BCUT2D eigenvalue weighted by Gasteiger charge is 2.28. The van der Waals surface area contributed by atoms with Crippen LogP contribution in [-0.2, 0) is 11.2 Å². The molecule has 24 heavy (non-hydrogen) atoms. The van der Waals surface area contributed by atoms with Crippen molar-refractivity contribution in [2.45, 2.75) is 19.3 Å². The molecule has 1 aliphatic heterocycles. The zero-order valence-electron chi connectivity index (χ0n) is 13.5. The van der Waals surface area contributed by atoms with Crippen LogP contribution in [0.15, 0.2) is 54.6 Å². The topological polar surface area (TPSA) is 57.6 Å². The van der Waals surface area contributed by atoms with Gasteiger partial charge in [0.2, 0.25) is 0 Å². The molecular formula is C20H21NO3. The van der Waals surface area contributed by atoms with E-state index in [0.29, 0.717) is 32.4 Å². The highest BCUT2D eigenvalue weighted by molar-refractivity contribution is 5.96. The first-order valence-corrected chi connectivity index (χ1v) is 8.29. The smallest absolute Gasteiger partial charge is 0.306 e. The SMILES string of the molecule is O=C(O)C1CCN(C(=O)c2ccccc2Cc2ccccc2)CC1. The average Bonchev–Trinajstić information content (AvgIpc) is 2.62. The van der Waals surface area contributed by atoms with Crippen molar-refractivity contribution in [3.63, 3.8) is 0 Å². The predicted molar refractivity (Wildman–Crippen MR) is 92.0 cm³/mol. The van der Waals surface area contributed by atoms with Crippen LogP contribution in [0.25, 0.3) is 0 Å². The second-order valence-electron chi connectivity index (χ2n) is 6.22. The second kappa shape index (κ2) is 7.30. The third-order valence-electron chi connectivity index (χ3n) is 4.62. The molecule has 1 fully saturated rings. The molecule has 1 heterocycles. The summed E-state index contributed by atoms with van der Waals surface area (Å²) in [5, 5.41) is 9.08. The predicted octanol–water partition coefficient (Wildman–Crippen LogP) is 3.21. The molecule has 0 atom stereocenters. The lowest BCUT2D eigenvalue weighted by Gasteiger charge is -2.30. The van der Waals surface area contributed by atoms with Crippen LogP contribution in [0.4, 0.5) is 0 Å². The molecular weight excluding hydrogens is 302 g/mol. The Hall–Kier alpha value is -2.62. The number of amides is 1. The van der Waals surface area contributed by atoms with Crippen LogP contribution < -0.4 is 0 Å². The number of benzene rings is 2. The van der Waals surface area contributed by atoms with E-state index < -0.39 is 5.97 Å². The maximum atomic E-state index is 12.9. The molecule has 1 aliphatic rings. The van der Waals surface area contributed by atoms with Gasteiger partial charge in [-0.15, -0.1) is 0 Å². The summed E-state index contributed by atoms with van der Waals surface area (Å²) in [6, 6.07) is 17.8. The lowest BCUT2D eigenvalue weighted by atomic mass is 9.95. The maximum absolute atomic E-state index is 12.9. The van der Waals surface area contributed by atoms with Gasteiger partial charge in [-0.1, -0.05) is 48.5 Å². The van der Waals surface area contributed by atoms with Crippen LogP contribution in [0.3, 0.4) is 0 Å². The highest BCUT2D eigenvalue weighted by atomic mass is 16.4. The Kier molecular flexibility index (Phi) is 4.94. The second-order valence-corrected chi connectivity index (χ2v) is 6.22. The van der Waals surface area contributed by atoms with E-state index in [0.717, 1.165) is 11.1 Å². The molecule has 0 radical (unpaired) electrons. The fourth-order valence-electron chi connectivity index (χ4n) is 3.20. The van der Waals surface area contributed by atoms with Gasteiger partial charge in [0.05, 0.1) is 5.92 Å². The number of likely N-dealkylation sites (tertiary alicyclic amines) is 1. The number of carboxylic acid groups (broad SMARTS) is 1. The molecule has 4 heteroatoms. The zero-order chi connectivity index (χ0) is 16.9. The van der Waals surface area contributed by atoms with Gasteiger partial charge in [0.25, 0.3) is 5.91 Å². The van der Waals surface area contributed by atoms with Gasteiger partial charge in [-0.3, -0.25) is 9.59 Å². The highest BCUT2D eigenvalue weighted by Crippen LogP contribution is 2.22. The van der Waals surface area contributed by atoms with Crippen molar-refractivity contribution < 1.29 is 14.7 Å². The lowest BCUT2D eigenvalue weighted by molar-refractivity contribution is -0.143. The molecule has 1 amide bonds. The summed E-state index contributed by atoms with van der Waals surface area (Å²) in [6.07, 6.45) is 1.78. The number of nitrogens with zero attached hydrogens (tertiary/aromatic N) is 1. The van der Waals surface area contributed by atoms with E-state index in [1.165, 1.54) is 5.56 Å². The fraction of sp³-hybridized carbons (Fsp3) is 0.300. The number of piperidine rings is 1. The first-order chi connectivity index (χ1) is 11.6. The number of hydrogen-bond donors (Lipinski definition) is 1. The summed E-state index contributed by atoms with van der Waals surface area (Å²) in [6.45, 7) is 1.02. The third kappa shape index (κ3) is 3.65. The van der Waals surface area contributed by atoms with E-state index in [1.54, 1.807) is 4.90 Å². The van der Waals surface area contributed by atoms with E-state index in [9.17, 15) is 9.59 Å². The first-order valence-electron chi connectivity index (χ1n) is 8.29. The van der Waals surface area contributed by atoms with Crippen LogP contribution in [-0.4, -0.2) is 35.0 Å². The molecule has 3 rings (SSSR count). The van der Waals surface area contributed by atoms with Crippen LogP contribution in [0.2, 0.25) is 0 Å². The van der Waals surface area contributed by atoms with E-state index >= 15 is 0 Å². The Balaban J connectivity index is 1.75. The van der Waals surface area contributed by atoms with Gasteiger partial charge in [-0.25, -0.2) is 0 Å². The molecule has 1 N–H and O–H groups in total. The van der Waals surface area contributed by atoms with Crippen LogP contribution >= 0.6 is 0 Å². The molecule has 0 aliphatic carbocycles. The Morgan fingerprint density at radius 1 is 0.958 bits per heavy atom. The molecule has 124 valence electrons. The summed E-state index contributed by atoms with van der Waals surface area (Å²) in [5.41, 5.74) is 2.89. The molecule has 0 saturated carbocycles. The normalized spacial score (nSPS) is 15.2. The maximum Gasteiger partial charge on any atom is 0.306 e. The molecule has 2 aromatic rings. The number of carbonyl (C=O) groups excluding carboxylic acids is 1. The quantitative estimate of drug-likeness (QED) is 0.940. The van der Waals surface area contributed by atoms with Gasteiger partial charge >= 0.3 is 5.97 Å². The van der Waals surface area contributed by atoms with Gasteiger partial charge in [0, 0.05) is 18.7 Å².